The van der Waals surface area contributed by atoms with Crippen molar-refractivity contribution in [1.29, 1.82) is 0 Å². The topological polar surface area (TPSA) is 107 Å². The van der Waals surface area contributed by atoms with Crippen molar-refractivity contribution in [2.24, 2.45) is 0 Å². The van der Waals surface area contributed by atoms with Gasteiger partial charge in [-0.1, -0.05) is 13.0 Å². The van der Waals surface area contributed by atoms with E-state index < -0.39 is 20.2 Å². The molecule has 1 aromatic carbocycles. The number of piperazine rings is 1. The maximum atomic E-state index is 12.9. The highest BCUT2D eigenvalue weighted by atomic mass is 32.2. The molecule has 11 heteroatoms. The summed E-state index contributed by atoms with van der Waals surface area (Å²) in [5, 5.41) is 0. The Bertz CT molecular complexity index is 905. The molecule has 0 aliphatic carbocycles. The highest BCUT2D eigenvalue weighted by Gasteiger charge is 2.31. The molecule has 0 radical (unpaired) electrons. The summed E-state index contributed by atoms with van der Waals surface area (Å²) in [6, 6.07) is 4.44. The quantitative estimate of drug-likeness (QED) is 0.692. The largest absolute Gasteiger partial charge is 0.336 e. The molecule has 1 aliphatic rings. The van der Waals surface area contributed by atoms with Gasteiger partial charge in [-0.3, -0.25) is 4.79 Å². The molecular weight excluding hydrogens is 392 g/mol. The zero-order valence-corrected chi connectivity index (χ0v) is 17.6. The minimum Gasteiger partial charge on any atom is -0.336 e. The number of amides is 1. The zero-order chi connectivity index (χ0) is 20.4. The van der Waals surface area contributed by atoms with Gasteiger partial charge in [-0.25, -0.2) is 13.1 Å². The van der Waals surface area contributed by atoms with E-state index in [1.54, 1.807) is 24.8 Å². The molecule has 1 heterocycles. The average Bonchev–Trinajstić information content (AvgIpc) is 2.61. The van der Waals surface area contributed by atoms with Gasteiger partial charge in [0.15, 0.2) is 0 Å². The van der Waals surface area contributed by atoms with Crippen LogP contribution in [0.4, 0.5) is 0 Å². The number of carbonyl (C=O) groups is 1. The second-order valence-corrected chi connectivity index (χ2v) is 10.4. The van der Waals surface area contributed by atoms with Gasteiger partial charge in [0.1, 0.15) is 0 Å². The standard InChI is InChI=1S/C16H26N4O5S2/c1-5-17-26(22,23)14-7-6-13(2)15(12-14)16(21)19-8-10-20(11-9-19)27(24,25)18(3)4/h6-7,12,17H,5,8-11H2,1-4H3. The lowest BCUT2D eigenvalue weighted by atomic mass is 10.1. The van der Waals surface area contributed by atoms with E-state index >= 15 is 0 Å². The van der Waals surface area contributed by atoms with Crippen molar-refractivity contribution in [1.82, 2.24) is 18.2 Å². The predicted molar refractivity (Wildman–Crippen MR) is 102 cm³/mol. The van der Waals surface area contributed by atoms with E-state index in [1.165, 1.54) is 30.5 Å². The van der Waals surface area contributed by atoms with Crippen LogP contribution in [0.25, 0.3) is 0 Å². The lowest BCUT2D eigenvalue weighted by Crippen LogP contribution is -2.53. The Morgan fingerprint density at radius 1 is 1.11 bits per heavy atom. The fraction of sp³-hybridized carbons (Fsp3) is 0.562. The molecule has 1 aliphatic heterocycles. The van der Waals surface area contributed by atoms with Crippen molar-refractivity contribution in [2.75, 3.05) is 46.8 Å². The molecule has 1 N–H and O–H groups in total. The van der Waals surface area contributed by atoms with Gasteiger partial charge >= 0.3 is 0 Å². The fourth-order valence-electron chi connectivity index (χ4n) is 2.80. The number of rotatable bonds is 6. The first kappa shape index (κ1) is 21.8. The van der Waals surface area contributed by atoms with Crippen LogP contribution in [0, 0.1) is 6.92 Å². The SMILES string of the molecule is CCNS(=O)(=O)c1ccc(C)c(C(=O)N2CCN(S(=O)(=O)N(C)C)CC2)c1. The molecule has 1 aromatic rings. The third-order valence-electron chi connectivity index (χ3n) is 4.40. The molecule has 9 nitrogen and oxygen atoms in total. The van der Waals surface area contributed by atoms with Gasteiger partial charge in [-0.05, 0) is 24.6 Å². The zero-order valence-electron chi connectivity index (χ0n) is 16.0. The number of sulfonamides is 1. The number of nitrogens with one attached hydrogen (secondary N) is 1. The minimum atomic E-state index is -3.67. The number of benzene rings is 1. The number of aryl methyl sites for hydroxylation is 1. The third kappa shape index (κ3) is 4.66. The first-order chi connectivity index (χ1) is 12.5. The van der Waals surface area contributed by atoms with E-state index in [9.17, 15) is 21.6 Å². The van der Waals surface area contributed by atoms with Crippen molar-refractivity contribution < 1.29 is 21.6 Å². The molecule has 0 saturated carbocycles. The van der Waals surface area contributed by atoms with Gasteiger partial charge in [0.25, 0.3) is 16.1 Å². The maximum absolute atomic E-state index is 12.9. The third-order valence-corrected chi connectivity index (χ3v) is 7.88. The summed E-state index contributed by atoms with van der Waals surface area (Å²) in [4.78, 5) is 14.5. The van der Waals surface area contributed by atoms with Gasteiger partial charge in [0, 0.05) is 52.4 Å². The molecule has 2 rings (SSSR count). The van der Waals surface area contributed by atoms with Crippen molar-refractivity contribution in [2.45, 2.75) is 18.7 Å². The Kier molecular flexibility index (Phi) is 6.63. The molecule has 1 fully saturated rings. The van der Waals surface area contributed by atoms with Gasteiger partial charge in [0.2, 0.25) is 10.0 Å². The van der Waals surface area contributed by atoms with E-state index in [-0.39, 0.29) is 43.5 Å². The van der Waals surface area contributed by atoms with Crippen LogP contribution in [-0.2, 0) is 20.2 Å². The van der Waals surface area contributed by atoms with E-state index in [2.05, 4.69) is 4.72 Å². The Morgan fingerprint density at radius 3 is 2.22 bits per heavy atom. The molecule has 0 spiro atoms. The molecule has 0 unspecified atom stereocenters. The van der Waals surface area contributed by atoms with Crippen molar-refractivity contribution in [3.8, 4) is 0 Å². The Balaban J connectivity index is 2.20. The summed E-state index contributed by atoms with van der Waals surface area (Å²) in [6.45, 7) is 4.55. The molecule has 152 valence electrons. The predicted octanol–water partition coefficient (Wildman–Crippen LogP) is -0.143. The fourth-order valence-corrected chi connectivity index (χ4v) is 4.95. The smallest absolute Gasteiger partial charge is 0.281 e. The summed E-state index contributed by atoms with van der Waals surface area (Å²) in [5.74, 6) is -0.303. The van der Waals surface area contributed by atoms with E-state index in [1.807, 2.05) is 0 Å². The molecule has 0 atom stereocenters. The monoisotopic (exact) mass is 418 g/mol. The van der Waals surface area contributed by atoms with Crippen LogP contribution in [0.15, 0.2) is 23.1 Å². The van der Waals surface area contributed by atoms with Crippen LogP contribution in [0.3, 0.4) is 0 Å². The van der Waals surface area contributed by atoms with Crippen LogP contribution >= 0.6 is 0 Å². The lowest BCUT2D eigenvalue weighted by molar-refractivity contribution is 0.0694. The van der Waals surface area contributed by atoms with Crippen LogP contribution in [0.5, 0.6) is 0 Å². The second kappa shape index (κ2) is 8.23. The minimum absolute atomic E-state index is 0.0344. The van der Waals surface area contributed by atoms with Gasteiger partial charge in [-0.15, -0.1) is 0 Å². The van der Waals surface area contributed by atoms with Gasteiger partial charge in [-0.2, -0.15) is 17.0 Å². The Morgan fingerprint density at radius 2 is 1.70 bits per heavy atom. The highest BCUT2D eigenvalue weighted by molar-refractivity contribution is 7.89. The number of carbonyl (C=O) groups excluding carboxylic acids is 1. The van der Waals surface area contributed by atoms with Crippen molar-refractivity contribution >= 4 is 26.1 Å². The second-order valence-electron chi connectivity index (χ2n) is 6.46. The van der Waals surface area contributed by atoms with E-state index in [0.29, 0.717) is 11.1 Å². The molecule has 0 bridgehead atoms. The number of hydrogen-bond donors (Lipinski definition) is 1. The Hall–Kier alpha value is -1.53. The summed E-state index contributed by atoms with van der Waals surface area (Å²) < 4.78 is 53.6. The van der Waals surface area contributed by atoms with E-state index in [0.717, 1.165) is 4.31 Å². The summed E-state index contributed by atoms with van der Waals surface area (Å²) >= 11 is 0. The molecule has 27 heavy (non-hydrogen) atoms. The van der Waals surface area contributed by atoms with Crippen LogP contribution in [-0.4, -0.2) is 83.1 Å². The number of hydrogen-bond acceptors (Lipinski definition) is 5. The summed E-state index contributed by atoms with van der Waals surface area (Å²) in [7, 11) is -4.25. The van der Waals surface area contributed by atoms with Crippen molar-refractivity contribution in [3.63, 3.8) is 0 Å². The highest BCUT2D eigenvalue weighted by Crippen LogP contribution is 2.19. The number of nitrogens with zero attached hydrogens (tertiary/aromatic N) is 3. The Labute approximate surface area is 161 Å². The normalized spacial score (nSPS) is 16.7. The summed E-state index contributed by atoms with van der Waals surface area (Å²) in [5.41, 5.74) is 0.969. The molecule has 1 saturated heterocycles. The van der Waals surface area contributed by atoms with Crippen LogP contribution in [0.2, 0.25) is 0 Å². The van der Waals surface area contributed by atoms with Gasteiger partial charge in [0.05, 0.1) is 4.90 Å². The maximum Gasteiger partial charge on any atom is 0.281 e. The average molecular weight is 419 g/mol. The first-order valence-electron chi connectivity index (χ1n) is 8.58. The first-order valence-corrected chi connectivity index (χ1v) is 11.5. The van der Waals surface area contributed by atoms with E-state index in [4.69, 9.17) is 0 Å². The van der Waals surface area contributed by atoms with Gasteiger partial charge < -0.3 is 4.90 Å². The summed E-state index contributed by atoms with van der Waals surface area (Å²) in [6.07, 6.45) is 0. The molecule has 0 aromatic heterocycles. The molecular formula is C16H26N4O5S2. The van der Waals surface area contributed by atoms with Crippen molar-refractivity contribution in [3.05, 3.63) is 29.3 Å². The molecule has 1 amide bonds. The van der Waals surface area contributed by atoms with Crippen LogP contribution in [0.1, 0.15) is 22.8 Å². The van der Waals surface area contributed by atoms with Crippen LogP contribution < -0.4 is 4.72 Å². The lowest BCUT2D eigenvalue weighted by Gasteiger charge is -2.35.